The van der Waals surface area contributed by atoms with Gasteiger partial charge in [-0.2, -0.15) is 0 Å². The van der Waals surface area contributed by atoms with E-state index in [2.05, 4.69) is 21.8 Å². The van der Waals surface area contributed by atoms with E-state index in [1.54, 1.807) is 11.8 Å². The van der Waals surface area contributed by atoms with Crippen LogP contribution in [0.1, 0.15) is 42.0 Å². The van der Waals surface area contributed by atoms with Crippen LogP contribution in [0.15, 0.2) is 29.2 Å². The SMILES string of the molecule is CCC(=O)c1ccc(N(CC)c2nc(C)cc(C)n2)c(SC)c1. The molecule has 4 nitrogen and oxygen atoms in total. The molecule has 0 aliphatic rings. The molecule has 122 valence electrons. The van der Waals surface area contributed by atoms with E-state index >= 15 is 0 Å². The number of thioether (sulfide) groups is 1. The first-order chi connectivity index (χ1) is 11.0. The zero-order chi connectivity index (χ0) is 17.0. The Morgan fingerprint density at radius 3 is 2.30 bits per heavy atom. The minimum absolute atomic E-state index is 0.164. The van der Waals surface area contributed by atoms with Gasteiger partial charge in [0.1, 0.15) is 0 Å². The molecule has 1 heterocycles. The quantitative estimate of drug-likeness (QED) is 0.574. The lowest BCUT2D eigenvalue weighted by atomic mass is 10.1. The fraction of sp³-hybridized carbons (Fsp3) is 0.389. The number of aromatic nitrogens is 2. The number of carbonyl (C=O) groups is 1. The van der Waals surface area contributed by atoms with Crippen molar-refractivity contribution in [2.75, 3.05) is 17.7 Å². The molecule has 0 spiro atoms. The Labute approximate surface area is 142 Å². The topological polar surface area (TPSA) is 46.1 Å². The van der Waals surface area contributed by atoms with Gasteiger partial charge in [0.15, 0.2) is 5.78 Å². The van der Waals surface area contributed by atoms with E-state index in [9.17, 15) is 4.79 Å². The molecule has 0 saturated heterocycles. The Balaban J connectivity index is 2.50. The predicted molar refractivity (Wildman–Crippen MR) is 97.0 cm³/mol. The number of hydrogen-bond donors (Lipinski definition) is 0. The van der Waals surface area contributed by atoms with E-state index in [1.165, 1.54) is 0 Å². The molecule has 0 aliphatic heterocycles. The van der Waals surface area contributed by atoms with Crippen molar-refractivity contribution in [1.29, 1.82) is 0 Å². The highest BCUT2D eigenvalue weighted by Gasteiger charge is 2.16. The molecule has 0 fully saturated rings. The maximum absolute atomic E-state index is 11.9. The predicted octanol–water partition coefficient (Wildman–Crippen LogP) is 4.57. The van der Waals surface area contributed by atoms with Gasteiger partial charge in [0, 0.05) is 34.8 Å². The van der Waals surface area contributed by atoms with Crippen molar-refractivity contribution < 1.29 is 4.79 Å². The summed E-state index contributed by atoms with van der Waals surface area (Å²) in [7, 11) is 0. The average Bonchev–Trinajstić information content (AvgIpc) is 2.54. The van der Waals surface area contributed by atoms with Crippen molar-refractivity contribution in [3.8, 4) is 0 Å². The Hall–Kier alpha value is -1.88. The van der Waals surface area contributed by atoms with Crippen molar-refractivity contribution >= 4 is 29.2 Å². The van der Waals surface area contributed by atoms with Gasteiger partial charge in [0.05, 0.1) is 5.69 Å². The summed E-state index contributed by atoms with van der Waals surface area (Å²) < 4.78 is 0. The fourth-order valence-corrected chi connectivity index (χ4v) is 3.16. The molecule has 0 bridgehead atoms. The molecule has 0 N–H and O–H groups in total. The second-order valence-corrected chi connectivity index (χ2v) is 6.21. The van der Waals surface area contributed by atoms with Crippen LogP contribution in [0, 0.1) is 13.8 Å². The first-order valence-electron chi connectivity index (χ1n) is 7.81. The maximum atomic E-state index is 11.9. The monoisotopic (exact) mass is 329 g/mol. The van der Waals surface area contributed by atoms with Crippen LogP contribution in [0.4, 0.5) is 11.6 Å². The van der Waals surface area contributed by atoms with Gasteiger partial charge in [-0.05, 0) is 51.3 Å². The van der Waals surface area contributed by atoms with Gasteiger partial charge in [0.25, 0.3) is 0 Å². The minimum atomic E-state index is 0.164. The van der Waals surface area contributed by atoms with Crippen LogP contribution >= 0.6 is 11.8 Å². The molecular weight excluding hydrogens is 306 g/mol. The second-order valence-electron chi connectivity index (χ2n) is 5.36. The van der Waals surface area contributed by atoms with E-state index in [-0.39, 0.29) is 5.78 Å². The summed E-state index contributed by atoms with van der Waals surface area (Å²) >= 11 is 1.63. The van der Waals surface area contributed by atoms with E-state index in [0.717, 1.165) is 34.1 Å². The largest absolute Gasteiger partial charge is 0.310 e. The summed E-state index contributed by atoms with van der Waals surface area (Å²) in [5.41, 5.74) is 3.71. The number of rotatable bonds is 6. The molecule has 0 saturated carbocycles. The number of benzene rings is 1. The summed E-state index contributed by atoms with van der Waals surface area (Å²) in [4.78, 5) is 24.2. The normalized spacial score (nSPS) is 10.7. The summed E-state index contributed by atoms with van der Waals surface area (Å²) in [6.45, 7) is 8.68. The van der Waals surface area contributed by atoms with Crippen molar-refractivity contribution in [2.24, 2.45) is 0 Å². The third-order valence-corrected chi connectivity index (χ3v) is 4.41. The maximum Gasteiger partial charge on any atom is 0.230 e. The van der Waals surface area contributed by atoms with Gasteiger partial charge in [-0.25, -0.2) is 9.97 Å². The molecular formula is C18H23N3OS. The number of anilines is 2. The van der Waals surface area contributed by atoms with Crippen molar-refractivity contribution in [3.63, 3.8) is 0 Å². The molecule has 0 amide bonds. The van der Waals surface area contributed by atoms with Crippen LogP contribution in [-0.2, 0) is 0 Å². The van der Waals surface area contributed by atoms with Gasteiger partial charge < -0.3 is 4.90 Å². The van der Waals surface area contributed by atoms with Crippen LogP contribution < -0.4 is 4.90 Å². The number of ketones is 1. The molecule has 2 rings (SSSR count). The van der Waals surface area contributed by atoms with E-state index in [0.29, 0.717) is 12.4 Å². The number of nitrogens with zero attached hydrogens (tertiary/aromatic N) is 3. The van der Waals surface area contributed by atoms with Crippen molar-refractivity contribution in [2.45, 2.75) is 39.0 Å². The molecule has 5 heteroatoms. The average molecular weight is 329 g/mol. The van der Waals surface area contributed by atoms with Gasteiger partial charge in [-0.3, -0.25) is 4.79 Å². The van der Waals surface area contributed by atoms with Crippen LogP contribution in [0.3, 0.4) is 0 Å². The molecule has 1 aromatic carbocycles. The Morgan fingerprint density at radius 1 is 1.13 bits per heavy atom. The Morgan fingerprint density at radius 2 is 1.78 bits per heavy atom. The van der Waals surface area contributed by atoms with Gasteiger partial charge in [-0.15, -0.1) is 11.8 Å². The highest BCUT2D eigenvalue weighted by molar-refractivity contribution is 7.98. The van der Waals surface area contributed by atoms with Crippen LogP contribution in [0.2, 0.25) is 0 Å². The highest BCUT2D eigenvalue weighted by Crippen LogP contribution is 2.33. The zero-order valence-corrected chi connectivity index (χ0v) is 15.2. The first-order valence-corrected chi connectivity index (χ1v) is 9.03. The molecule has 0 unspecified atom stereocenters. The lowest BCUT2D eigenvalue weighted by molar-refractivity contribution is 0.0988. The van der Waals surface area contributed by atoms with Crippen LogP contribution in [0.25, 0.3) is 0 Å². The van der Waals surface area contributed by atoms with Crippen LogP contribution in [0.5, 0.6) is 0 Å². The van der Waals surface area contributed by atoms with Gasteiger partial charge >= 0.3 is 0 Å². The molecule has 0 atom stereocenters. The fourth-order valence-electron chi connectivity index (χ4n) is 2.53. The number of carbonyl (C=O) groups excluding carboxylic acids is 1. The lowest BCUT2D eigenvalue weighted by Crippen LogP contribution is -2.20. The summed E-state index contributed by atoms with van der Waals surface area (Å²) in [5.74, 6) is 0.868. The van der Waals surface area contributed by atoms with Crippen LogP contribution in [-0.4, -0.2) is 28.6 Å². The van der Waals surface area contributed by atoms with E-state index in [4.69, 9.17) is 0 Å². The van der Waals surface area contributed by atoms with Gasteiger partial charge in [0.2, 0.25) is 5.95 Å². The molecule has 0 radical (unpaired) electrons. The smallest absolute Gasteiger partial charge is 0.230 e. The first kappa shape index (κ1) is 17.5. The third-order valence-electron chi connectivity index (χ3n) is 3.64. The van der Waals surface area contributed by atoms with Gasteiger partial charge in [-0.1, -0.05) is 6.92 Å². The zero-order valence-electron chi connectivity index (χ0n) is 14.4. The van der Waals surface area contributed by atoms with Crippen molar-refractivity contribution in [3.05, 3.63) is 41.2 Å². The summed E-state index contributed by atoms with van der Waals surface area (Å²) in [5, 5.41) is 0. The lowest BCUT2D eigenvalue weighted by Gasteiger charge is -2.24. The second kappa shape index (κ2) is 7.59. The number of hydrogen-bond acceptors (Lipinski definition) is 5. The van der Waals surface area contributed by atoms with Crippen molar-refractivity contribution in [1.82, 2.24) is 9.97 Å². The molecule has 1 aromatic heterocycles. The van der Waals surface area contributed by atoms with E-state index in [1.807, 2.05) is 51.3 Å². The Bertz CT molecular complexity index is 695. The highest BCUT2D eigenvalue weighted by atomic mass is 32.2. The Kier molecular flexibility index (Phi) is 5.77. The van der Waals surface area contributed by atoms with E-state index < -0.39 is 0 Å². The standard InChI is InChI=1S/C18H23N3OS/c1-6-16(22)14-8-9-15(17(11-14)23-5)21(7-2)18-19-12(3)10-13(4)20-18/h8-11H,6-7H2,1-5H3. The minimum Gasteiger partial charge on any atom is -0.310 e. The molecule has 23 heavy (non-hydrogen) atoms. The molecule has 0 aliphatic carbocycles. The number of aryl methyl sites for hydroxylation is 2. The number of Topliss-reactive ketones (excluding diaryl/α,β-unsaturated/α-hetero) is 1. The summed E-state index contributed by atoms with van der Waals surface area (Å²) in [6, 6.07) is 7.83. The summed E-state index contributed by atoms with van der Waals surface area (Å²) in [6.07, 6.45) is 2.54. The third kappa shape index (κ3) is 3.91. The molecule has 2 aromatic rings.